The first-order valence-corrected chi connectivity index (χ1v) is 9.97. The maximum Gasteiger partial charge on any atom is 0.355 e. The molecule has 4 rings (SSSR count). The number of aromatic nitrogens is 2. The summed E-state index contributed by atoms with van der Waals surface area (Å²) in [7, 11) is 0. The Balaban J connectivity index is 1.61. The van der Waals surface area contributed by atoms with Crippen LogP contribution in [0.5, 0.6) is 0 Å². The van der Waals surface area contributed by atoms with Crippen LogP contribution in [0.1, 0.15) is 10.4 Å². The van der Waals surface area contributed by atoms with Gasteiger partial charge >= 0.3 is 5.69 Å². The highest BCUT2D eigenvalue weighted by molar-refractivity contribution is 6.32. The van der Waals surface area contributed by atoms with Gasteiger partial charge in [0, 0.05) is 22.7 Å². The third kappa shape index (κ3) is 4.52. The monoisotopic (exact) mass is 479 g/mol. The van der Waals surface area contributed by atoms with Gasteiger partial charge in [0.05, 0.1) is 9.85 Å². The number of anilines is 3. The summed E-state index contributed by atoms with van der Waals surface area (Å²) in [6.07, 6.45) is 1.09. The van der Waals surface area contributed by atoms with Gasteiger partial charge in [0.15, 0.2) is 0 Å². The minimum absolute atomic E-state index is 0.0885. The summed E-state index contributed by atoms with van der Waals surface area (Å²) < 4.78 is 0. The van der Waals surface area contributed by atoms with E-state index >= 15 is 0 Å². The molecule has 34 heavy (non-hydrogen) atoms. The maximum absolute atomic E-state index is 12.4. The molecule has 0 radical (unpaired) electrons. The van der Waals surface area contributed by atoms with E-state index in [4.69, 9.17) is 11.6 Å². The normalized spacial score (nSPS) is 10.5. The summed E-state index contributed by atoms with van der Waals surface area (Å²) in [6, 6.07) is 16.4. The van der Waals surface area contributed by atoms with Crippen LogP contribution in [0.3, 0.4) is 0 Å². The average molecular weight is 480 g/mol. The van der Waals surface area contributed by atoms with Gasteiger partial charge in [-0.25, -0.2) is 9.97 Å². The first-order valence-electron chi connectivity index (χ1n) is 9.59. The van der Waals surface area contributed by atoms with Gasteiger partial charge in [0.1, 0.15) is 11.3 Å². The lowest BCUT2D eigenvalue weighted by atomic mass is 10.1. The van der Waals surface area contributed by atoms with Gasteiger partial charge in [-0.05, 0) is 23.6 Å². The Morgan fingerprint density at radius 2 is 1.65 bits per heavy atom. The Morgan fingerprint density at radius 1 is 0.912 bits per heavy atom. The lowest BCUT2D eigenvalue weighted by molar-refractivity contribution is -0.384. The Morgan fingerprint density at radius 3 is 2.41 bits per heavy atom. The number of nitrogens with one attached hydrogen (secondary N) is 3. The van der Waals surface area contributed by atoms with Crippen LogP contribution in [-0.2, 0) is 0 Å². The minimum Gasteiger partial charge on any atom is -0.334 e. The highest BCUT2D eigenvalue weighted by Crippen LogP contribution is 2.33. The molecule has 0 aliphatic heterocycles. The number of rotatable bonds is 7. The van der Waals surface area contributed by atoms with Crippen LogP contribution < -0.4 is 16.2 Å². The number of hydrogen-bond donors (Lipinski definition) is 3. The molecule has 0 atom stereocenters. The van der Waals surface area contributed by atoms with Crippen LogP contribution >= 0.6 is 11.6 Å². The Kier molecular flexibility index (Phi) is 6.14. The summed E-state index contributed by atoms with van der Waals surface area (Å²) >= 11 is 5.76. The highest BCUT2D eigenvalue weighted by Gasteiger charge is 2.24. The lowest BCUT2D eigenvalue weighted by Gasteiger charge is -2.12. The number of nitrogens with zero attached hydrogens (tertiary/aromatic N) is 4. The van der Waals surface area contributed by atoms with Crippen molar-refractivity contribution in [3.63, 3.8) is 0 Å². The SMILES string of the molecule is O=C(NNc1ncnc(Nc2cccc3ccccc23)c1[N+](=O)[O-])c1ccc(Cl)c([N+](=O)[O-])c1. The summed E-state index contributed by atoms with van der Waals surface area (Å²) in [5.41, 5.74) is 4.15. The third-order valence-corrected chi connectivity index (χ3v) is 5.07. The van der Waals surface area contributed by atoms with E-state index in [9.17, 15) is 25.0 Å². The standard InChI is InChI=1S/C21H14ClN7O5/c22-15-9-8-13(10-17(15)28(31)32)21(30)27-26-20-18(29(33)34)19(23-11-24-20)25-16-7-3-5-12-4-1-2-6-14(12)16/h1-11H,(H,27,30)(H2,23,24,25,26). The molecule has 3 aromatic carbocycles. The fourth-order valence-electron chi connectivity index (χ4n) is 3.18. The molecule has 170 valence electrons. The molecule has 1 amide bonds. The van der Waals surface area contributed by atoms with E-state index in [2.05, 4.69) is 26.1 Å². The van der Waals surface area contributed by atoms with Crippen LogP contribution in [0.4, 0.5) is 28.7 Å². The molecule has 0 unspecified atom stereocenters. The van der Waals surface area contributed by atoms with Crippen molar-refractivity contribution in [2.75, 3.05) is 10.7 Å². The predicted molar refractivity (Wildman–Crippen MR) is 125 cm³/mol. The van der Waals surface area contributed by atoms with Crippen LogP contribution in [0.25, 0.3) is 10.8 Å². The number of nitro groups is 2. The van der Waals surface area contributed by atoms with E-state index in [1.165, 1.54) is 12.1 Å². The van der Waals surface area contributed by atoms with Crippen LogP contribution in [0, 0.1) is 20.2 Å². The molecule has 0 saturated heterocycles. The first kappa shape index (κ1) is 22.4. The van der Waals surface area contributed by atoms with Crippen LogP contribution in [0.15, 0.2) is 67.0 Å². The third-order valence-electron chi connectivity index (χ3n) is 4.75. The number of hydrogen-bond acceptors (Lipinski definition) is 9. The number of carbonyl (C=O) groups excluding carboxylic acids is 1. The average Bonchev–Trinajstić information content (AvgIpc) is 2.82. The molecule has 3 N–H and O–H groups in total. The summed E-state index contributed by atoms with van der Waals surface area (Å²) in [5.74, 6) is -1.19. The van der Waals surface area contributed by atoms with E-state index in [-0.39, 0.29) is 22.2 Å². The Hall–Kier alpha value is -4.84. The fourth-order valence-corrected chi connectivity index (χ4v) is 3.37. The van der Waals surface area contributed by atoms with E-state index in [1.54, 1.807) is 12.1 Å². The maximum atomic E-state index is 12.4. The molecule has 1 aromatic heterocycles. The molecular weight excluding hydrogens is 466 g/mol. The van der Waals surface area contributed by atoms with Gasteiger partial charge < -0.3 is 5.32 Å². The predicted octanol–water partition coefficient (Wildman–Crippen LogP) is 4.60. The van der Waals surface area contributed by atoms with Gasteiger partial charge in [0.2, 0.25) is 11.6 Å². The zero-order valence-electron chi connectivity index (χ0n) is 17.1. The summed E-state index contributed by atoms with van der Waals surface area (Å²) in [6.45, 7) is 0. The summed E-state index contributed by atoms with van der Waals surface area (Å²) in [4.78, 5) is 41.7. The van der Waals surface area contributed by atoms with Crippen molar-refractivity contribution < 1.29 is 14.6 Å². The molecule has 12 nitrogen and oxygen atoms in total. The van der Waals surface area contributed by atoms with Crippen molar-refractivity contribution in [2.24, 2.45) is 0 Å². The van der Waals surface area contributed by atoms with Crippen molar-refractivity contribution >= 4 is 57.0 Å². The molecule has 0 spiro atoms. The number of nitro benzene ring substituents is 1. The van der Waals surface area contributed by atoms with Crippen LogP contribution in [-0.4, -0.2) is 25.7 Å². The van der Waals surface area contributed by atoms with E-state index in [1.807, 2.05) is 30.3 Å². The molecule has 0 bridgehead atoms. The zero-order valence-corrected chi connectivity index (χ0v) is 17.8. The molecule has 4 aromatic rings. The van der Waals surface area contributed by atoms with Crippen molar-refractivity contribution in [1.29, 1.82) is 0 Å². The summed E-state index contributed by atoms with van der Waals surface area (Å²) in [5, 5.41) is 27.4. The van der Waals surface area contributed by atoms with Crippen LogP contribution in [0.2, 0.25) is 5.02 Å². The van der Waals surface area contributed by atoms with Gasteiger partial charge in [-0.2, -0.15) is 0 Å². The van der Waals surface area contributed by atoms with Crippen molar-refractivity contribution in [2.45, 2.75) is 0 Å². The number of amides is 1. The Bertz CT molecular complexity index is 1440. The molecule has 0 fully saturated rings. The molecular formula is C21H14ClN7O5. The van der Waals surface area contributed by atoms with Gasteiger partial charge in [-0.1, -0.05) is 48.0 Å². The number of halogens is 1. The fraction of sp³-hybridized carbons (Fsp3) is 0. The van der Waals surface area contributed by atoms with Crippen molar-refractivity contribution in [1.82, 2.24) is 15.4 Å². The number of hydrazine groups is 1. The zero-order chi connectivity index (χ0) is 24.2. The Labute approximate surface area is 195 Å². The molecule has 1 heterocycles. The second kappa shape index (κ2) is 9.34. The van der Waals surface area contributed by atoms with E-state index in [0.717, 1.165) is 23.2 Å². The van der Waals surface area contributed by atoms with Crippen molar-refractivity contribution in [3.05, 3.63) is 97.8 Å². The second-order valence-corrected chi connectivity index (χ2v) is 7.24. The van der Waals surface area contributed by atoms with Crippen molar-refractivity contribution in [3.8, 4) is 0 Å². The quantitative estimate of drug-likeness (QED) is 0.253. The van der Waals surface area contributed by atoms with Gasteiger partial charge in [-0.15, -0.1) is 0 Å². The second-order valence-electron chi connectivity index (χ2n) is 6.83. The first-order chi connectivity index (χ1) is 16.3. The number of carbonyl (C=O) groups is 1. The molecule has 0 aliphatic carbocycles. The highest BCUT2D eigenvalue weighted by atomic mass is 35.5. The molecule has 0 saturated carbocycles. The number of benzene rings is 3. The van der Waals surface area contributed by atoms with E-state index in [0.29, 0.717) is 5.69 Å². The van der Waals surface area contributed by atoms with Gasteiger partial charge in [0.25, 0.3) is 11.6 Å². The lowest BCUT2D eigenvalue weighted by Crippen LogP contribution is -2.30. The smallest absolute Gasteiger partial charge is 0.334 e. The largest absolute Gasteiger partial charge is 0.355 e. The molecule has 0 aliphatic rings. The number of fused-ring (bicyclic) bond motifs is 1. The van der Waals surface area contributed by atoms with Gasteiger partial charge in [-0.3, -0.25) is 35.9 Å². The minimum atomic E-state index is -0.795. The topological polar surface area (TPSA) is 165 Å². The van der Waals surface area contributed by atoms with E-state index < -0.39 is 27.1 Å². The molecule has 13 heteroatoms.